The van der Waals surface area contributed by atoms with E-state index < -0.39 is 4.92 Å². The Balaban J connectivity index is 1.45. The molecule has 1 saturated heterocycles. The molecule has 1 aromatic heterocycles. The number of para-hydroxylation sites is 1. The fourth-order valence-corrected chi connectivity index (χ4v) is 4.35. The Bertz CT molecular complexity index is 1250. The van der Waals surface area contributed by atoms with Crippen LogP contribution in [-0.2, 0) is 11.3 Å². The van der Waals surface area contributed by atoms with Crippen LogP contribution >= 0.6 is 11.8 Å². The van der Waals surface area contributed by atoms with Crippen molar-refractivity contribution in [2.75, 3.05) is 13.2 Å². The second-order valence-electron chi connectivity index (χ2n) is 7.45. The van der Waals surface area contributed by atoms with Crippen molar-refractivity contribution < 1.29 is 19.2 Å². The molecular formula is C24H21N3O5S. The first-order chi connectivity index (χ1) is 15.9. The topological polar surface area (TPSA) is 94.7 Å². The van der Waals surface area contributed by atoms with Gasteiger partial charge in [0.2, 0.25) is 0 Å². The molecule has 0 unspecified atom stereocenters. The summed E-state index contributed by atoms with van der Waals surface area (Å²) in [6.45, 7) is 2.57. The molecule has 4 rings (SSSR count). The van der Waals surface area contributed by atoms with Gasteiger partial charge >= 0.3 is 0 Å². The Hall–Kier alpha value is -3.85. The lowest BCUT2D eigenvalue weighted by molar-refractivity contribution is -0.385. The Morgan fingerprint density at radius 1 is 1.09 bits per heavy atom. The maximum atomic E-state index is 12.8. The summed E-state index contributed by atoms with van der Waals surface area (Å²) >= 11 is 0.873. The molecule has 0 atom stereocenters. The molecule has 1 fully saturated rings. The van der Waals surface area contributed by atoms with E-state index in [1.807, 2.05) is 31.2 Å². The predicted octanol–water partition coefficient (Wildman–Crippen LogP) is 4.87. The van der Waals surface area contributed by atoms with Gasteiger partial charge in [0, 0.05) is 23.5 Å². The number of nitrogens with zero attached hydrogens (tertiary/aromatic N) is 3. The third kappa shape index (κ3) is 5.15. The lowest BCUT2D eigenvalue weighted by Gasteiger charge is -2.13. The number of imide groups is 1. The molecule has 0 aliphatic carbocycles. The SMILES string of the molecule is Cc1cccc(OCCN2C(=O)S/C(=C\c3cccn3Cc3ccccc3[N+](=O)[O-])C2=O)c1. The van der Waals surface area contributed by atoms with E-state index >= 15 is 0 Å². The van der Waals surface area contributed by atoms with E-state index in [-0.39, 0.29) is 36.5 Å². The number of ether oxygens (including phenoxy) is 1. The van der Waals surface area contributed by atoms with Crippen molar-refractivity contribution in [3.8, 4) is 5.75 Å². The molecule has 3 aromatic rings. The fourth-order valence-electron chi connectivity index (χ4n) is 3.50. The van der Waals surface area contributed by atoms with Crippen LogP contribution in [0.4, 0.5) is 10.5 Å². The van der Waals surface area contributed by atoms with Gasteiger partial charge in [-0.2, -0.15) is 0 Å². The minimum Gasteiger partial charge on any atom is -0.492 e. The van der Waals surface area contributed by atoms with Crippen molar-refractivity contribution in [2.45, 2.75) is 13.5 Å². The molecule has 0 radical (unpaired) electrons. The summed E-state index contributed by atoms with van der Waals surface area (Å²) in [7, 11) is 0. The standard InChI is InChI=1S/C24H21N3O5S/c1-17-6-4-9-20(14-17)32-13-12-26-23(28)22(33-24(26)29)15-19-8-5-11-25(19)16-18-7-2-3-10-21(18)27(30)31/h2-11,14-15H,12-13,16H2,1H3/b22-15-. The smallest absolute Gasteiger partial charge is 0.293 e. The predicted molar refractivity (Wildman–Crippen MR) is 126 cm³/mol. The van der Waals surface area contributed by atoms with Crippen molar-refractivity contribution in [3.05, 3.63) is 98.7 Å². The Morgan fingerprint density at radius 2 is 1.91 bits per heavy atom. The molecule has 2 amide bonds. The average molecular weight is 464 g/mol. The fraction of sp³-hybridized carbons (Fsp3) is 0.167. The maximum absolute atomic E-state index is 12.8. The van der Waals surface area contributed by atoms with Gasteiger partial charge in [-0.1, -0.05) is 30.3 Å². The van der Waals surface area contributed by atoms with Gasteiger partial charge in [-0.3, -0.25) is 24.6 Å². The number of carbonyl (C=O) groups is 2. The lowest BCUT2D eigenvalue weighted by atomic mass is 10.2. The van der Waals surface area contributed by atoms with Crippen LogP contribution in [-0.4, -0.2) is 38.7 Å². The highest BCUT2D eigenvalue weighted by Gasteiger charge is 2.35. The zero-order chi connectivity index (χ0) is 23.4. The van der Waals surface area contributed by atoms with Gasteiger partial charge in [-0.25, -0.2) is 0 Å². The number of rotatable bonds is 8. The van der Waals surface area contributed by atoms with Crippen LogP contribution in [0.1, 0.15) is 16.8 Å². The second kappa shape index (κ2) is 9.74. The van der Waals surface area contributed by atoms with Crippen molar-refractivity contribution in [2.24, 2.45) is 0 Å². The summed E-state index contributed by atoms with van der Waals surface area (Å²) in [6.07, 6.45) is 3.42. The number of nitro benzene ring substituents is 1. The normalized spacial score (nSPS) is 14.8. The van der Waals surface area contributed by atoms with Gasteiger partial charge in [0.25, 0.3) is 16.8 Å². The van der Waals surface area contributed by atoms with Crippen molar-refractivity contribution in [3.63, 3.8) is 0 Å². The Morgan fingerprint density at radius 3 is 2.70 bits per heavy atom. The van der Waals surface area contributed by atoms with Crippen molar-refractivity contribution >= 4 is 34.7 Å². The number of nitro groups is 1. The Kier molecular flexibility index (Phi) is 6.60. The van der Waals surface area contributed by atoms with Crippen LogP contribution in [0.2, 0.25) is 0 Å². The number of benzene rings is 2. The molecule has 0 saturated carbocycles. The number of thioether (sulfide) groups is 1. The summed E-state index contributed by atoms with van der Waals surface area (Å²) in [5.41, 5.74) is 2.32. The van der Waals surface area contributed by atoms with Crippen LogP contribution in [0, 0.1) is 17.0 Å². The van der Waals surface area contributed by atoms with Gasteiger partial charge in [-0.05, 0) is 54.6 Å². The molecule has 1 aliphatic heterocycles. The highest BCUT2D eigenvalue weighted by atomic mass is 32.2. The third-order valence-corrected chi connectivity index (χ3v) is 6.03. The van der Waals surface area contributed by atoms with E-state index in [1.54, 1.807) is 47.2 Å². The molecular weight excluding hydrogens is 442 g/mol. The third-order valence-electron chi connectivity index (χ3n) is 5.12. The number of hydrogen-bond acceptors (Lipinski definition) is 6. The molecule has 33 heavy (non-hydrogen) atoms. The summed E-state index contributed by atoms with van der Waals surface area (Å²) in [5.74, 6) is 0.307. The molecule has 9 heteroatoms. The largest absolute Gasteiger partial charge is 0.492 e. The summed E-state index contributed by atoms with van der Waals surface area (Å²) < 4.78 is 7.47. The first-order valence-electron chi connectivity index (χ1n) is 10.2. The first kappa shape index (κ1) is 22.3. The monoisotopic (exact) mass is 463 g/mol. The number of aryl methyl sites for hydroxylation is 1. The van der Waals surface area contributed by atoms with E-state index in [0.29, 0.717) is 21.9 Å². The zero-order valence-electron chi connectivity index (χ0n) is 17.8. The first-order valence-corrected chi connectivity index (χ1v) is 11.1. The molecule has 168 valence electrons. The maximum Gasteiger partial charge on any atom is 0.293 e. The van der Waals surface area contributed by atoms with Crippen LogP contribution < -0.4 is 4.74 Å². The van der Waals surface area contributed by atoms with Crippen LogP contribution in [0.15, 0.2) is 71.8 Å². The van der Waals surface area contributed by atoms with Crippen molar-refractivity contribution in [1.82, 2.24) is 9.47 Å². The molecule has 8 nitrogen and oxygen atoms in total. The zero-order valence-corrected chi connectivity index (χ0v) is 18.7. The van der Waals surface area contributed by atoms with E-state index in [4.69, 9.17) is 4.74 Å². The average Bonchev–Trinajstić information content (AvgIpc) is 3.33. The van der Waals surface area contributed by atoms with Crippen LogP contribution in [0.25, 0.3) is 6.08 Å². The highest BCUT2D eigenvalue weighted by Crippen LogP contribution is 2.32. The molecule has 0 bridgehead atoms. The molecule has 0 N–H and O–H groups in total. The number of hydrogen-bond donors (Lipinski definition) is 0. The number of aromatic nitrogens is 1. The second-order valence-corrected chi connectivity index (χ2v) is 8.44. The summed E-state index contributed by atoms with van der Waals surface area (Å²) in [5, 5.41) is 11.0. The number of carbonyl (C=O) groups excluding carboxylic acids is 2. The van der Waals surface area contributed by atoms with E-state index in [0.717, 1.165) is 17.3 Å². The van der Waals surface area contributed by atoms with Crippen LogP contribution in [0.3, 0.4) is 0 Å². The van der Waals surface area contributed by atoms with Crippen molar-refractivity contribution in [1.29, 1.82) is 0 Å². The quantitative estimate of drug-likeness (QED) is 0.269. The molecule has 1 aliphatic rings. The molecule has 2 aromatic carbocycles. The minimum atomic E-state index is -0.414. The van der Waals surface area contributed by atoms with E-state index in [2.05, 4.69) is 0 Å². The van der Waals surface area contributed by atoms with Gasteiger partial charge in [0.1, 0.15) is 12.4 Å². The summed E-state index contributed by atoms with van der Waals surface area (Å²) in [4.78, 5) is 37.6. The van der Waals surface area contributed by atoms with Crippen LogP contribution in [0.5, 0.6) is 5.75 Å². The minimum absolute atomic E-state index is 0.0334. The molecule has 2 heterocycles. The summed E-state index contributed by atoms with van der Waals surface area (Å²) in [6, 6.07) is 17.7. The van der Waals surface area contributed by atoms with Gasteiger partial charge < -0.3 is 9.30 Å². The Labute approximate surface area is 194 Å². The van der Waals surface area contributed by atoms with E-state index in [1.165, 1.54) is 11.0 Å². The highest BCUT2D eigenvalue weighted by molar-refractivity contribution is 8.18. The van der Waals surface area contributed by atoms with E-state index in [9.17, 15) is 19.7 Å². The van der Waals surface area contributed by atoms with Gasteiger partial charge in [0.05, 0.1) is 22.9 Å². The lowest BCUT2D eigenvalue weighted by Crippen LogP contribution is -2.32. The van der Waals surface area contributed by atoms with Gasteiger partial charge in [-0.15, -0.1) is 0 Å². The molecule has 0 spiro atoms. The van der Waals surface area contributed by atoms with Gasteiger partial charge in [0.15, 0.2) is 0 Å². The number of amides is 2.